The number of hydrogen-bond acceptors (Lipinski definition) is 7. The lowest BCUT2D eigenvalue weighted by Gasteiger charge is -2.29. The van der Waals surface area contributed by atoms with Gasteiger partial charge in [0.2, 0.25) is 11.1 Å². The lowest BCUT2D eigenvalue weighted by molar-refractivity contribution is -0.113. The van der Waals surface area contributed by atoms with E-state index >= 15 is 0 Å². The van der Waals surface area contributed by atoms with Gasteiger partial charge >= 0.3 is 0 Å². The van der Waals surface area contributed by atoms with E-state index in [1.807, 2.05) is 57.2 Å². The van der Waals surface area contributed by atoms with Crippen molar-refractivity contribution in [2.45, 2.75) is 58.8 Å². The molecule has 1 atom stereocenters. The fourth-order valence-electron chi connectivity index (χ4n) is 5.13. The van der Waals surface area contributed by atoms with E-state index in [1.165, 1.54) is 5.56 Å². The Balaban J connectivity index is 1.55. The second kappa shape index (κ2) is 13.3. The maximum atomic E-state index is 14.0. The molecule has 0 saturated heterocycles. The Kier molecular flexibility index (Phi) is 9.46. The van der Waals surface area contributed by atoms with Crippen LogP contribution < -0.4 is 20.1 Å². The molecule has 0 radical (unpaired) electrons. The van der Waals surface area contributed by atoms with E-state index in [9.17, 15) is 4.79 Å². The van der Waals surface area contributed by atoms with Crippen molar-refractivity contribution in [3.8, 4) is 11.5 Å². The van der Waals surface area contributed by atoms with E-state index in [0.29, 0.717) is 45.0 Å². The number of methoxy groups -OCH3 is 1. The fourth-order valence-corrected chi connectivity index (χ4v) is 6.38. The SMILES string of the molecule is CCCSc1nc2n(n1)C(c1cc(Br)c(OCc3cccc(C)c3)c(OC)c1)C(C(=O)Nc1ccc(C)cc1C)=C(C)N2. The largest absolute Gasteiger partial charge is 0.493 e. The van der Waals surface area contributed by atoms with Gasteiger partial charge in [-0.3, -0.25) is 4.79 Å². The van der Waals surface area contributed by atoms with Gasteiger partial charge < -0.3 is 20.1 Å². The number of thioether (sulfide) groups is 1. The number of anilines is 2. The summed E-state index contributed by atoms with van der Waals surface area (Å²) >= 11 is 5.32. The first-order valence-electron chi connectivity index (χ1n) is 14.2. The highest BCUT2D eigenvalue weighted by Gasteiger charge is 2.35. The number of amides is 1. The number of carbonyl (C=O) groups is 1. The molecule has 2 N–H and O–H groups in total. The summed E-state index contributed by atoms with van der Waals surface area (Å²) in [5.41, 5.74) is 7.15. The van der Waals surface area contributed by atoms with Crippen LogP contribution in [0.5, 0.6) is 11.5 Å². The van der Waals surface area contributed by atoms with Gasteiger partial charge in [0.1, 0.15) is 12.6 Å². The molecule has 10 heteroatoms. The summed E-state index contributed by atoms with van der Waals surface area (Å²) in [6, 6.07) is 17.5. The molecule has 0 saturated carbocycles. The highest BCUT2D eigenvalue weighted by Crippen LogP contribution is 2.43. The predicted molar refractivity (Wildman–Crippen MR) is 176 cm³/mol. The molecule has 0 fully saturated rings. The van der Waals surface area contributed by atoms with Gasteiger partial charge in [0.05, 0.1) is 17.2 Å². The molecule has 0 bridgehead atoms. The molecule has 1 unspecified atom stereocenters. The Labute approximate surface area is 265 Å². The molecule has 1 aliphatic heterocycles. The Bertz CT molecular complexity index is 1700. The highest BCUT2D eigenvalue weighted by atomic mass is 79.9. The van der Waals surface area contributed by atoms with Gasteiger partial charge in [-0.25, -0.2) is 4.68 Å². The van der Waals surface area contributed by atoms with Gasteiger partial charge in [0.25, 0.3) is 5.91 Å². The van der Waals surface area contributed by atoms with Gasteiger partial charge in [0, 0.05) is 17.1 Å². The second-order valence-corrected chi connectivity index (χ2v) is 12.6. The van der Waals surface area contributed by atoms with Crippen LogP contribution >= 0.6 is 27.7 Å². The third-order valence-electron chi connectivity index (χ3n) is 7.18. The number of aryl methyl sites for hydroxylation is 3. The van der Waals surface area contributed by atoms with Crippen molar-refractivity contribution in [3.05, 3.63) is 98.2 Å². The number of halogens is 1. The number of carbonyl (C=O) groups excluding carboxylic acids is 1. The Morgan fingerprint density at radius 3 is 2.60 bits per heavy atom. The van der Waals surface area contributed by atoms with Crippen molar-refractivity contribution < 1.29 is 14.3 Å². The van der Waals surface area contributed by atoms with Crippen molar-refractivity contribution in [2.75, 3.05) is 23.5 Å². The van der Waals surface area contributed by atoms with Crippen LogP contribution in [-0.4, -0.2) is 33.5 Å². The number of nitrogens with one attached hydrogen (secondary N) is 2. The molecule has 1 aromatic heterocycles. The molecule has 0 spiro atoms. The number of allylic oxidation sites excluding steroid dienone is 1. The number of hydrogen-bond donors (Lipinski definition) is 2. The summed E-state index contributed by atoms with van der Waals surface area (Å²) in [6.07, 6.45) is 1.00. The molecule has 0 aliphatic carbocycles. The summed E-state index contributed by atoms with van der Waals surface area (Å²) in [7, 11) is 1.61. The smallest absolute Gasteiger partial charge is 0.255 e. The molecule has 2 heterocycles. The number of rotatable bonds is 10. The summed E-state index contributed by atoms with van der Waals surface area (Å²) < 4.78 is 14.6. The maximum absolute atomic E-state index is 14.0. The van der Waals surface area contributed by atoms with Gasteiger partial charge in [0.15, 0.2) is 11.5 Å². The molecule has 224 valence electrons. The van der Waals surface area contributed by atoms with E-state index in [0.717, 1.165) is 40.1 Å². The molecular weight excluding hydrogens is 626 g/mol. The monoisotopic (exact) mass is 661 g/mol. The third-order valence-corrected chi connectivity index (χ3v) is 8.81. The van der Waals surface area contributed by atoms with E-state index in [2.05, 4.69) is 58.6 Å². The fraction of sp³-hybridized carbons (Fsp3) is 0.303. The summed E-state index contributed by atoms with van der Waals surface area (Å²) in [5.74, 6) is 2.39. The van der Waals surface area contributed by atoms with Gasteiger partial charge in [-0.05, 0) is 84.9 Å². The van der Waals surface area contributed by atoms with Crippen LogP contribution in [0, 0.1) is 20.8 Å². The first-order chi connectivity index (χ1) is 20.7. The number of benzene rings is 3. The first kappa shape index (κ1) is 30.7. The van der Waals surface area contributed by atoms with Crippen molar-refractivity contribution in [1.82, 2.24) is 14.8 Å². The molecule has 1 amide bonds. The topological polar surface area (TPSA) is 90.3 Å². The van der Waals surface area contributed by atoms with Crippen LogP contribution in [0.25, 0.3) is 0 Å². The van der Waals surface area contributed by atoms with E-state index < -0.39 is 6.04 Å². The average Bonchev–Trinajstić information content (AvgIpc) is 3.38. The molecule has 43 heavy (non-hydrogen) atoms. The van der Waals surface area contributed by atoms with Crippen molar-refractivity contribution in [1.29, 1.82) is 0 Å². The van der Waals surface area contributed by atoms with Crippen molar-refractivity contribution >= 4 is 45.2 Å². The van der Waals surface area contributed by atoms with Crippen molar-refractivity contribution in [3.63, 3.8) is 0 Å². The normalized spacial score (nSPS) is 14.3. The van der Waals surface area contributed by atoms with Crippen molar-refractivity contribution in [2.24, 2.45) is 0 Å². The average molecular weight is 663 g/mol. The number of fused-ring (bicyclic) bond motifs is 1. The maximum Gasteiger partial charge on any atom is 0.255 e. The molecule has 4 aromatic rings. The van der Waals surface area contributed by atoms with Crippen LogP contribution in [-0.2, 0) is 11.4 Å². The zero-order valence-corrected chi connectivity index (χ0v) is 27.6. The minimum Gasteiger partial charge on any atom is -0.493 e. The zero-order valence-electron chi connectivity index (χ0n) is 25.2. The minimum atomic E-state index is -0.568. The molecule has 3 aromatic carbocycles. The standard InChI is InChI=1S/C33H36BrN5O3S/c1-7-13-43-33-37-32-35-22(5)28(31(40)36-26-12-11-20(3)14-21(26)4)29(39(32)38-33)24-16-25(34)30(27(17-24)41-6)42-18-23-10-8-9-19(2)15-23/h8-12,14-17,29H,7,13,18H2,1-6H3,(H,36,40)(H,35,37,38). The van der Waals surface area contributed by atoms with Crippen LogP contribution in [0.2, 0.25) is 0 Å². The quantitative estimate of drug-likeness (QED) is 0.167. The zero-order chi connectivity index (χ0) is 30.7. The number of nitrogens with zero attached hydrogens (tertiary/aromatic N) is 3. The summed E-state index contributed by atoms with van der Waals surface area (Å²) in [5, 5.41) is 12.0. The Hall–Kier alpha value is -3.76. The number of aromatic nitrogens is 3. The molecule has 1 aliphatic rings. The molecule has 8 nitrogen and oxygen atoms in total. The lowest BCUT2D eigenvalue weighted by atomic mass is 9.94. The van der Waals surface area contributed by atoms with E-state index in [4.69, 9.17) is 19.6 Å². The van der Waals surface area contributed by atoms with E-state index in [1.54, 1.807) is 23.6 Å². The lowest BCUT2D eigenvalue weighted by Crippen LogP contribution is -2.31. The van der Waals surface area contributed by atoms with Crippen LogP contribution in [0.15, 0.2) is 75.5 Å². The van der Waals surface area contributed by atoms with Crippen LogP contribution in [0.1, 0.15) is 54.1 Å². The van der Waals surface area contributed by atoms with Crippen LogP contribution in [0.4, 0.5) is 11.6 Å². The highest BCUT2D eigenvalue weighted by molar-refractivity contribution is 9.10. The Morgan fingerprint density at radius 1 is 1.09 bits per heavy atom. The minimum absolute atomic E-state index is 0.222. The Morgan fingerprint density at radius 2 is 1.88 bits per heavy atom. The molecular formula is C33H36BrN5O3S. The predicted octanol–water partition coefficient (Wildman–Crippen LogP) is 7.98. The molecule has 5 rings (SSSR count). The number of ether oxygens (including phenoxy) is 2. The van der Waals surface area contributed by atoms with E-state index in [-0.39, 0.29) is 5.91 Å². The first-order valence-corrected chi connectivity index (χ1v) is 16.0. The van der Waals surface area contributed by atoms with Gasteiger partial charge in [-0.2, -0.15) is 4.98 Å². The summed E-state index contributed by atoms with van der Waals surface area (Å²) in [4.78, 5) is 18.8. The van der Waals surface area contributed by atoms with Crippen LogP contribution in [0.3, 0.4) is 0 Å². The van der Waals surface area contributed by atoms with Gasteiger partial charge in [-0.1, -0.05) is 66.2 Å². The second-order valence-electron chi connectivity index (χ2n) is 10.7. The third kappa shape index (κ3) is 6.75. The van der Waals surface area contributed by atoms with Gasteiger partial charge in [-0.15, -0.1) is 5.10 Å². The summed E-state index contributed by atoms with van der Waals surface area (Å²) in [6.45, 7) is 10.5.